The number of nitrogens with zero attached hydrogens (tertiary/aromatic N) is 2. The maximum absolute atomic E-state index is 11.4. The van der Waals surface area contributed by atoms with Crippen LogP contribution in [-0.4, -0.2) is 62.2 Å². The molecule has 1 fully saturated rings. The minimum absolute atomic E-state index is 0.0341. The number of anilines is 1. The number of carboxylic acid groups (broad SMARTS) is 1. The Morgan fingerprint density at radius 2 is 1.96 bits per heavy atom. The highest BCUT2D eigenvalue weighted by atomic mass is 16.5. The van der Waals surface area contributed by atoms with Crippen LogP contribution in [0.4, 0.5) is 10.5 Å². The van der Waals surface area contributed by atoms with Gasteiger partial charge in [-0.2, -0.15) is 0 Å². The van der Waals surface area contributed by atoms with E-state index in [2.05, 4.69) is 55.3 Å². The van der Waals surface area contributed by atoms with E-state index in [9.17, 15) is 9.90 Å². The largest absolute Gasteiger partial charge is 0.465 e. The molecule has 26 heavy (non-hydrogen) atoms. The van der Waals surface area contributed by atoms with E-state index >= 15 is 0 Å². The van der Waals surface area contributed by atoms with Crippen LogP contribution in [0.2, 0.25) is 0 Å². The van der Waals surface area contributed by atoms with Gasteiger partial charge in [-0.05, 0) is 29.9 Å². The van der Waals surface area contributed by atoms with Crippen LogP contribution >= 0.6 is 0 Å². The minimum Gasteiger partial charge on any atom is -0.465 e. The van der Waals surface area contributed by atoms with Crippen molar-refractivity contribution in [2.45, 2.75) is 33.6 Å². The van der Waals surface area contributed by atoms with Crippen LogP contribution in [0.5, 0.6) is 0 Å². The first-order valence-electron chi connectivity index (χ1n) is 9.46. The summed E-state index contributed by atoms with van der Waals surface area (Å²) in [5, 5.41) is 12.8. The topological polar surface area (TPSA) is 65.0 Å². The highest BCUT2D eigenvalue weighted by molar-refractivity contribution is 5.64. The molecule has 0 spiro atoms. The molecule has 1 aliphatic rings. The molecule has 6 nitrogen and oxygen atoms in total. The number of nitrogens with one attached hydrogen (secondary N) is 1. The normalized spacial score (nSPS) is 15.1. The molecule has 0 atom stereocenters. The molecule has 6 heteroatoms. The Labute approximate surface area is 157 Å². The van der Waals surface area contributed by atoms with Gasteiger partial charge in [0.1, 0.15) is 6.73 Å². The Balaban J connectivity index is 1.86. The minimum atomic E-state index is -0.922. The zero-order chi connectivity index (χ0) is 19.0. The zero-order valence-electron chi connectivity index (χ0n) is 16.3. The van der Waals surface area contributed by atoms with Gasteiger partial charge in [0.25, 0.3) is 0 Å². The second kappa shape index (κ2) is 9.78. The van der Waals surface area contributed by atoms with E-state index in [1.807, 2.05) is 0 Å². The van der Waals surface area contributed by atoms with Crippen molar-refractivity contribution < 1.29 is 14.6 Å². The zero-order valence-corrected chi connectivity index (χ0v) is 16.3. The first-order valence-corrected chi connectivity index (χ1v) is 9.46. The lowest BCUT2D eigenvalue weighted by molar-refractivity contribution is 0.000725. The lowest BCUT2D eigenvalue weighted by atomic mass is 9.99. The maximum atomic E-state index is 11.4. The predicted octanol–water partition coefficient (Wildman–Crippen LogP) is 3.03. The summed E-state index contributed by atoms with van der Waals surface area (Å²) in [4.78, 5) is 15.2. The van der Waals surface area contributed by atoms with Crippen LogP contribution in [0.3, 0.4) is 0 Å². The molecule has 1 heterocycles. The van der Waals surface area contributed by atoms with E-state index < -0.39 is 6.09 Å². The Bertz CT molecular complexity index is 566. The van der Waals surface area contributed by atoms with Gasteiger partial charge in [0.15, 0.2) is 0 Å². The number of carbonyl (C=O) groups is 1. The lowest BCUT2D eigenvalue weighted by Crippen LogP contribution is -2.43. The third-order valence-corrected chi connectivity index (χ3v) is 4.38. The Kier molecular flexibility index (Phi) is 7.72. The van der Waals surface area contributed by atoms with Gasteiger partial charge in [-0.1, -0.05) is 39.0 Å². The molecule has 0 radical (unpaired) electrons. The SMILES string of the molecule is CC(C)(C)COCN(CCCc1ccccc1N1CCNCC1)C(=O)O. The first kappa shape index (κ1) is 20.5. The number of piperazine rings is 1. The summed E-state index contributed by atoms with van der Waals surface area (Å²) in [7, 11) is 0. The fourth-order valence-corrected chi connectivity index (χ4v) is 3.07. The molecule has 146 valence electrons. The van der Waals surface area contributed by atoms with Crippen LogP contribution in [0, 0.1) is 5.41 Å². The van der Waals surface area contributed by atoms with Crippen LogP contribution in [0.25, 0.3) is 0 Å². The van der Waals surface area contributed by atoms with Crippen molar-refractivity contribution in [1.29, 1.82) is 0 Å². The number of rotatable bonds is 8. The highest BCUT2D eigenvalue weighted by Gasteiger charge is 2.16. The van der Waals surface area contributed by atoms with Crippen molar-refractivity contribution in [3.05, 3.63) is 29.8 Å². The van der Waals surface area contributed by atoms with E-state index in [4.69, 9.17) is 4.74 Å². The van der Waals surface area contributed by atoms with Gasteiger partial charge in [0.2, 0.25) is 0 Å². The number of benzene rings is 1. The molecule has 2 N–H and O–H groups in total. The molecular formula is C20H33N3O3. The Morgan fingerprint density at radius 1 is 1.27 bits per heavy atom. The summed E-state index contributed by atoms with van der Waals surface area (Å²) in [5.41, 5.74) is 2.60. The van der Waals surface area contributed by atoms with E-state index in [0.29, 0.717) is 13.2 Å². The molecule has 0 unspecified atom stereocenters. The van der Waals surface area contributed by atoms with E-state index in [-0.39, 0.29) is 12.1 Å². The molecule has 2 rings (SSSR count). The quantitative estimate of drug-likeness (QED) is 0.695. The summed E-state index contributed by atoms with van der Waals surface area (Å²) < 4.78 is 5.57. The van der Waals surface area contributed by atoms with Gasteiger partial charge < -0.3 is 20.1 Å². The third kappa shape index (κ3) is 6.84. The predicted molar refractivity (Wildman–Crippen MR) is 105 cm³/mol. The molecule has 0 aromatic heterocycles. The molecule has 0 bridgehead atoms. The van der Waals surface area contributed by atoms with Gasteiger partial charge in [-0.3, -0.25) is 4.90 Å². The van der Waals surface area contributed by atoms with E-state index in [1.54, 1.807) is 0 Å². The van der Waals surface area contributed by atoms with Crippen molar-refractivity contribution >= 4 is 11.8 Å². The van der Waals surface area contributed by atoms with Gasteiger partial charge in [-0.25, -0.2) is 4.79 Å². The van der Waals surface area contributed by atoms with Gasteiger partial charge >= 0.3 is 6.09 Å². The number of amides is 1. The third-order valence-electron chi connectivity index (χ3n) is 4.38. The molecule has 0 saturated carbocycles. The van der Waals surface area contributed by atoms with Crippen molar-refractivity contribution in [2.75, 3.05) is 51.0 Å². The van der Waals surface area contributed by atoms with E-state index in [0.717, 1.165) is 39.0 Å². The van der Waals surface area contributed by atoms with E-state index in [1.165, 1.54) is 16.2 Å². The molecule has 1 aromatic carbocycles. The number of hydrogen-bond donors (Lipinski definition) is 2. The number of hydrogen-bond acceptors (Lipinski definition) is 4. The average Bonchev–Trinajstić information content (AvgIpc) is 2.60. The average molecular weight is 364 g/mol. The second-order valence-electron chi connectivity index (χ2n) is 8.05. The van der Waals surface area contributed by atoms with Crippen molar-refractivity contribution in [2.24, 2.45) is 5.41 Å². The monoisotopic (exact) mass is 363 g/mol. The summed E-state index contributed by atoms with van der Waals surface area (Å²) >= 11 is 0. The van der Waals surface area contributed by atoms with Crippen molar-refractivity contribution in [3.8, 4) is 0 Å². The summed E-state index contributed by atoms with van der Waals surface area (Å²) in [6.07, 6.45) is 0.728. The Morgan fingerprint density at radius 3 is 2.62 bits per heavy atom. The smallest absolute Gasteiger partial charge is 0.409 e. The lowest BCUT2D eigenvalue weighted by Gasteiger charge is -2.31. The molecular weight excluding hydrogens is 330 g/mol. The van der Waals surface area contributed by atoms with Crippen molar-refractivity contribution in [1.82, 2.24) is 10.2 Å². The van der Waals surface area contributed by atoms with Gasteiger partial charge in [0.05, 0.1) is 6.61 Å². The van der Waals surface area contributed by atoms with Crippen molar-refractivity contribution in [3.63, 3.8) is 0 Å². The molecule has 1 aliphatic heterocycles. The summed E-state index contributed by atoms with van der Waals surface area (Å²) in [6.45, 7) is 11.4. The number of para-hydroxylation sites is 1. The number of ether oxygens (including phenoxy) is 1. The summed E-state index contributed by atoms with van der Waals surface area (Å²) in [5.74, 6) is 0. The van der Waals surface area contributed by atoms with Gasteiger partial charge in [0, 0.05) is 38.4 Å². The molecule has 1 saturated heterocycles. The van der Waals surface area contributed by atoms with Crippen LogP contribution in [0.15, 0.2) is 24.3 Å². The fraction of sp³-hybridized carbons (Fsp3) is 0.650. The fourth-order valence-electron chi connectivity index (χ4n) is 3.07. The molecule has 1 aromatic rings. The van der Waals surface area contributed by atoms with Gasteiger partial charge in [-0.15, -0.1) is 0 Å². The van der Waals surface area contributed by atoms with Crippen LogP contribution in [0.1, 0.15) is 32.8 Å². The van der Waals surface area contributed by atoms with Crippen LogP contribution < -0.4 is 10.2 Å². The molecule has 0 aliphatic carbocycles. The molecule has 1 amide bonds. The van der Waals surface area contributed by atoms with Crippen LogP contribution in [-0.2, 0) is 11.2 Å². The summed E-state index contributed by atoms with van der Waals surface area (Å²) in [6, 6.07) is 8.45. The standard InChI is InChI=1S/C20H33N3O3/c1-20(2,3)15-26-16-23(19(24)25)12-6-8-17-7-4-5-9-18(17)22-13-10-21-11-14-22/h4-5,7,9,21H,6,8,10-16H2,1-3H3,(H,24,25). The first-order chi connectivity index (χ1) is 12.4. The number of aryl methyl sites for hydroxylation is 1. The second-order valence-corrected chi connectivity index (χ2v) is 8.05. The Hall–Kier alpha value is -1.79. The highest BCUT2D eigenvalue weighted by Crippen LogP contribution is 2.22. The maximum Gasteiger partial charge on any atom is 0.409 e.